The Labute approximate surface area is 116 Å². The van der Waals surface area contributed by atoms with Gasteiger partial charge in [0.2, 0.25) is 5.82 Å². The molecule has 0 radical (unpaired) electrons. The Bertz CT molecular complexity index is 623. The number of nitrogens with zero attached hydrogens (tertiary/aromatic N) is 2. The third-order valence-electron chi connectivity index (χ3n) is 2.33. The zero-order valence-corrected chi connectivity index (χ0v) is 10.8. The van der Waals surface area contributed by atoms with E-state index in [4.69, 9.17) is 0 Å². The minimum Gasteiger partial charge on any atom is -0.450 e. The van der Waals surface area contributed by atoms with E-state index in [1.54, 1.807) is 6.92 Å². The first kappa shape index (κ1) is 14.8. The molecule has 0 saturated heterocycles. The summed E-state index contributed by atoms with van der Waals surface area (Å²) in [5.41, 5.74) is 0.750. The second-order valence-electron chi connectivity index (χ2n) is 3.84. The van der Waals surface area contributed by atoms with E-state index < -0.39 is 18.2 Å². The largest absolute Gasteiger partial charge is 0.471 e. The number of halogens is 3. The summed E-state index contributed by atoms with van der Waals surface area (Å²) in [6, 6.07) is 5.87. The molecule has 0 fully saturated rings. The second kappa shape index (κ2) is 5.81. The van der Waals surface area contributed by atoms with Gasteiger partial charge in [0.25, 0.3) is 0 Å². The average molecular weight is 301 g/mol. The lowest BCUT2D eigenvalue weighted by Crippen LogP contribution is -2.13. The smallest absolute Gasteiger partial charge is 0.450 e. The molecule has 0 aliphatic carbocycles. The first-order chi connectivity index (χ1) is 9.90. The number of alkyl halides is 3. The fourth-order valence-corrected chi connectivity index (χ4v) is 1.44. The molecule has 1 amide bonds. The van der Waals surface area contributed by atoms with Gasteiger partial charge in [0.1, 0.15) is 0 Å². The Balaban J connectivity index is 2.12. The minimum atomic E-state index is -4.68. The number of hydrogen-bond donors (Lipinski definition) is 1. The number of nitrogens with one attached hydrogen (secondary N) is 1. The Morgan fingerprint density at radius 1 is 1.33 bits per heavy atom. The topological polar surface area (TPSA) is 77.2 Å². The zero-order chi connectivity index (χ0) is 15.5. The highest BCUT2D eigenvalue weighted by Crippen LogP contribution is 2.29. The molecule has 0 aliphatic heterocycles. The molecular weight excluding hydrogens is 291 g/mol. The van der Waals surface area contributed by atoms with Crippen LogP contribution in [0.25, 0.3) is 11.4 Å². The summed E-state index contributed by atoms with van der Waals surface area (Å²) in [5.74, 6) is -1.60. The Morgan fingerprint density at radius 2 is 2.00 bits per heavy atom. The highest BCUT2D eigenvalue weighted by atomic mass is 19.4. The predicted octanol–water partition coefficient (Wildman–Crippen LogP) is 3.32. The maximum absolute atomic E-state index is 12.3. The molecule has 2 aromatic rings. The van der Waals surface area contributed by atoms with Crippen LogP contribution in [-0.2, 0) is 10.9 Å². The molecule has 0 atom stereocenters. The summed E-state index contributed by atoms with van der Waals surface area (Å²) in [5, 5.41) is 5.70. The van der Waals surface area contributed by atoms with Crippen LogP contribution in [0.3, 0.4) is 0 Å². The van der Waals surface area contributed by atoms with Crippen molar-refractivity contribution >= 4 is 11.8 Å². The van der Waals surface area contributed by atoms with Crippen molar-refractivity contribution in [2.45, 2.75) is 13.1 Å². The molecule has 1 aromatic heterocycles. The maximum Gasteiger partial charge on any atom is 0.471 e. The first-order valence-corrected chi connectivity index (χ1v) is 5.85. The molecule has 9 heteroatoms. The van der Waals surface area contributed by atoms with Crippen molar-refractivity contribution in [1.29, 1.82) is 0 Å². The predicted molar refractivity (Wildman–Crippen MR) is 65.4 cm³/mol. The van der Waals surface area contributed by atoms with E-state index in [1.165, 1.54) is 24.3 Å². The molecule has 21 heavy (non-hydrogen) atoms. The van der Waals surface area contributed by atoms with E-state index in [9.17, 15) is 18.0 Å². The van der Waals surface area contributed by atoms with Gasteiger partial charge in [0.15, 0.2) is 0 Å². The normalized spacial score (nSPS) is 11.2. The summed E-state index contributed by atoms with van der Waals surface area (Å²) in [7, 11) is 0. The van der Waals surface area contributed by atoms with E-state index in [0.29, 0.717) is 11.3 Å². The van der Waals surface area contributed by atoms with E-state index in [1.807, 2.05) is 0 Å². The number of anilines is 1. The molecular formula is C12H10F3N3O3. The van der Waals surface area contributed by atoms with Gasteiger partial charge in [-0.2, -0.15) is 18.2 Å². The number of rotatable bonds is 3. The number of carbonyl (C=O) groups excluding carboxylic acids is 1. The molecule has 1 heterocycles. The first-order valence-electron chi connectivity index (χ1n) is 5.85. The number of amides is 1. The summed E-state index contributed by atoms with van der Waals surface area (Å²) < 4.78 is 45.8. The summed E-state index contributed by atoms with van der Waals surface area (Å²) >= 11 is 0. The number of hydrogen-bond acceptors (Lipinski definition) is 5. The van der Waals surface area contributed by atoms with Crippen LogP contribution in [0.2, 0.25) is 0 Å². The van der Waals surface area contributed by atoms with Crippen LogP contribution in [0.1, 0.15) is 12.8 Å². The molecule has 6 nitrogen and oxygen atoms in total. The van der Waals surface area contributed by atoms with Gasteiger partial charge in [-0.3, -0.25) is 5.32 Å². The Morgan fingerprint density at radius 3 is 2.52 bits per heavy atom. The molecule has 0 saturated carbocycles. The van der Waals surface area contributed by atoms with Crippen molar-refractivity contribution in [2.75, 3.05) is 11.9 Å². The minimum absolute atomic E-state index is 0.190. The van der Waals surface area contributed by atoms with Crippen LogP contribution in [0.15, 0.2) is 28.8 Å². The highest BCUT2D eigenvalue weighted by Gasteiger charge is 2.38. The Kier molecular flexibility index (Phi) is 4.10. The standard InChI is InChI=1S/C12H10F3N3O3/c1-2-20-11(19)16-8-5-3-7(4-6-8)9-17-10(21-18-9)12(13,14)15/h3-6H,2H2,1H3,(H,16,19). The van der Waals surface area contributed by atoms with E-state index in [-0.39, 0.29) is 12.4 Å². The fraction of sp³-hybridized carbons (Fsp3) is 0.250. The molecule has 112 valence electrons. The lowest BCUT2D eigenvalue weighted by molar-refractivity contribution is -0.159. The molecule has 1 aromatic carbocycles. The second-order valence-corrected chi connectivity index (χ2v) is 3.84. The monoisotopic (exact) mass is 301 g/mol. The van der Waals surface area contributed by atoms with Gasteiger partial charge in [-0.05, 0) is 31.2 Å². The van der Waals surface area contributed by atoms with Crippen LogP contribution in [0.5, 0.6) is 0 Å². The van der Waals surface area contributed by atoms with Gasteiger partial charge in [-0.1, -0.05) is 5.16 Å². The van der Waals surface area contributed by atoms with Crippen LogP contribution < -0.4 is 5.32 Å². The summed E-state index contributed by atoms with van der Waals surface area (Å²) in [6.07, 6.45) is -5.31. The molecule has 0 spiro atoms. The number of ether oxygens (including phenoxy) is 1. The van der Waals surface area contributed by atoms with Crippen LogP contribution >= 0.6 is 0 Å². The van der Waals surface area contributed by atoms with Crippen molar-refractivity contribution < 1.29 is 27.2 Å². The van der Waals surface area contributed by atoms with E-state index in [0.717, 1.165) is 0 Å². The molecule has 2 rings (SSSR count). The van der Waals surface area contributed by atoms with Gasteiger partial charge in [-0.25, -0.2) is 4.79 Å². The molecule has 0 unspecified atom stereocenters. The average Bonchev–Trinajstić information content (AvgIpc) is 2.89. The third kappa shape index (κ3) is 3.71. The van der Waals surface area contributed by atoms with E-state index in [2.05, 4.69) is 24.7 Å². The van der Waals surface area contributed by atoms with Crippen molar-refractivity contribution in [1.82, 2.24) is 10.1 Å². The van der Waals surface area contributed by atoms with Crippen molar-refractivity contribution in [2.24, 2.45) is 0 Å². The van der Waals surface area contributed by atoms with Crippen molar-refractivity contribution in [3.63, 3.8) is 0 Å². The van der Waals surface area contributed by atoms with E-state index >= 15 is 0 Å². The van der Waals surface area contributed by atoms with Gasteiger partial charge in [0, 0.05) is 11.3 Å². The van der Waals surface area contributed by atoms with Crippen LogP contribution in [-0.4, -0.2) is 22.8 Å². The van der Waals surface area contributed by atoms with Crippen molar-refractivity contribution in [3.05, 3.63) is 30.2 Å². The van der Waals surface area contributed by atoms with Gasteiger partial charge in [0.05, 0.1) is 6.61 Å². The SMILES string of the molecule is CCOC(=O)Nc1ccc(-c2noc(C(F)(F)F)n2)cc1. The van der Waals surface area contributed by atoms with Crippen molar-refractivity contribution in [3.8, 4) is 11.4 Å². The Hall–Kier alpha value is -2.58. The lowest BCUT2D eigenvalue weighted by atomic mass is 10.2. The van der Waals surface area contributed by atoms with Gasteiger partial charge < -0.3 is 9.26 Å². The highest BCUT2D eigenvalue weighted by molar-refractivity contribution is 5.84. The van der Waals surface area contributed by atoms with Gasteiger partial charge >= 0.3 is 18.2 Å². The maximum atomic E-state index is 12.3. The summed E-state index contributed by atoms with van der Waals surface area (Å²) in [4.78, 5) is 14.4. The van der Waals surface area contributed by atoms with Gasteiger partial charge in [-0.15, -0.1) is 0 Å². The third-order valence-corrected chi connectivity index (χ3v) is 2.33. The molecule has 0 bridgehead atoms. The zero-order valence-electron chi connectivity index (χ0n) is 10.8. The number of aromatic nitrogens is 2. The molecule has 1 N–H and O–H groups in total. The van der Waals surface area contributed by atoms with Crippen LogP contribution in [0, 0.1) is 0 Å². The number of benzene rings is 1. The van der Waals surface area contributed by atoms with Crippen LogP contribution in [0.4, 0.5) is 23.7 Å². The lowest BCUT2D eigenvalue weighted by Gasteiger charge is -2.05. The summed E-state index contributed by atoms with van der Waals surface area (Å²) in [6.45, 7) is 1.89. The quantitative estimate of drug-likeness (QED) is 0.941. The molecule has 0 aliphatic rings. The fourth-order valence-electron chi connectivity index (χ4n) is 1.44. The number of carbonyl (C=O) groups is 1.